The zero-order chi connectivity index (χ0) is 12.3. The number of nitrogens with two attached hydrogens (primary N) is 1. The smallest absolute Gasteiger partial charge is 0.0884 e. The van der Waals surface area contributed by atoms with Gasteiger partial charge >= 0.3 is 0 Å². The van der Waals surface area contributed by atoms with Crippen LogP contribution in [0.15, 0.2) is 6.07 Å². The summed E-state index contributed by atoms with van der Waals surface area (Å²) in [6.07, 6.45) is 3.85. The summed E-state index contributed by atoms with van der Waals surface area (Å²) in [4.78, 5) is 0. The molecular weight excluding hydrogens is 214 g/mol. The standard InChI is InChI=1S/C13H23N3O/c1-10-6-13(16(2)15-10)9-17-8-12-5-3-4-11(12)7-14/h6,11-12H,3-5,7-9,14H2,1-2H3. The molecule has 1 aromatic rings. The van der Waals surface area contributed by atoms with E-state index < -0.39 is 0 Å². The van der Waals surface area contributed by atoms with E-state index in [1.54, 1.807) is 0 Å². The van der Waals surface area contributed by atoms with Crippen molar-refractivity contribution in [1.82, 2.24) is 9.78 Å². The average molecular weight is 237 g/mol. The van der Waals surface area contributed by atoms with Gasteiger partial charge in [-0.2, -0.15) is 5.10 Å². The molecule has 0 amide bonds. The summed E-state index contributed by atoms with van der Waals surface area (Å²) < 4.78 is 7.71. The van der Waals surface area contributed by atoms with Crippen molar-refractivity contribution in [3.05, 3.63) is 17.5 Å². The van der Waals surface area contributed by atoms with Gasteiger partial charge < -0.3 is 10.5 Å². The molecule has 17 heavy (non-hydrogen) atoms. The summed E-state index contributed by atoms with van der Waals surface area (Å²) in [5.41, 5.74) is 7.96. The van der Waals surface area contributed by atoms with Gasteiger partial charge in [-0.3, -0.25) is 4.68 Å². The molecule has 4 heteroatoms. The first kappa shape index (κ1) is 12.6. The lowest BCUT2D eigenvalue weighted by molar-refractivity contribution is 0.0716. The molecule has 1 aromatic heterocycles. The third kappa shape index (κ3) is 3.07. The summed E-state index contributed by atoms with van der Waals surface area (Å²) >= 11 is 0. The molecule has 0 spiro atoms. The van der Waals surface area contributed by atoms with E-state index in [-0.39, 0.29) is 0 Å². The normalized spacial score (nSPS) is 24.4. The third-order valence-electron chi connectivity index (χ3n) is 3.80. The van der Waals surface area contributed by atoms with Crippen molar-refractivity contribution in [3.8, 4) is 0 Å². The number of nitrogens with zero attached hydrogens (tertiary/aromatic N) is 2. The van der Waals surface area contributed by atoms with Crippen LogP contribution in [0.2, 0.25) is 0 Å². The Morgan fingerprint density at radius 1 is 1.47 bits per heavy atom. The summed E-state index contributed by atoms with van der Waals surface area (Å²) in [6.45, 7) is 4.31. The fraction of sp³-hybridized carbons (Fsp3) is 0.769. The number of hydrogen-bond donors (Lipinski definition) is 1. The highest BCUT2D eigenvalue weighted by Crippen LogP contribution is 2.31. The van der Waals surface area contributed by atoms with Crippen LogP contribution in [0.5, 0.6) is 0 Å². The van der Waals surface area contributed by atoms with Crippen molar-refractivity contribution in [1.29, 1.82) is 0 Å². The predicted molar refractivity (Wildman–Crippen MR) is 67.5 cm³/mol. The van der Waals surface area contributed by atoms with Crippen molar-refractivity contribution >= 4 is 0 Å². The van der Waals surface area contributed by atoms with E-state index in [0.717, 1.165) is 24.5 Å². The van der Waals surface area contributed by atoms with E-state index in [2.05, 4.69) is 11.2 Å². The minimum Gasteiger partial charge on any atom is -0.375 e. The van der Waals surface area contributed by atoms with Gasteiger partial charge in [0.15, 0.2) is 0 Å². The summed E-state index contributed by atoms with van der Waals surface area (Å²) in [6, 6.07) is 2.08. The van der Waals surface area contributed by atoms with Crippen LogP contribution in [0.4, 0.5) is 0 Å². The van der Waals surface area contributed by atoms with Crippen molar-refractivity contribution in [2.24, 2.45) is 24.6 Å². The Morgan fingerprint density at radius 2 is 2.24 bits per heavy atom. The Kier molecular flexibility index (Phi) is 4.18. The molecule has 1 saturated carbocycles. The number of aryl methyl sites for hydroxylation is 2. The van der Waals surface area contributed by atoms with Crippen molar-refractivity contribution in [2.45, 2.75) is 32.8 Å². The van der Waals surface area contributed by atoms with E-state index in [1.807, 2.05) is 18.7 Å². The average Bonchev–Trinajstić information content (AvgIpc) is 2.86. The summed E-state index contributed by atoms with van der Waals surface area (Å²) in [7, 11) is 1.96. The third-order valence-corrected chi connectivity index (χ3v) is 3.80. The number of aromatic nitrogens is 2. The van der Waals surface area contributed by atoms with Crippen molar-refractivity contribution in [3.63, 3.8) is 0 Å². The Hall–Kier alpha value is -0.870. The first-order valence-corrected chi connectivity index (χ1v) is 6.48. The zero-order valence-electron chi connectivity index (χ0n) is 10.9. The molecule has 0 aromatic carbocycles. The van der Waals surface area contributed by atoms with E-state index >= 15 is 0 Å². The lowest BCUT2D eigenvalue weighted by atomic mass is 9.97. The Bertz CT molecular complexity index is 362. The lowest BCUT2D eigenvalue weighted by Crippen LogP contribution is -2.22. The fourth-order valence-corrected chi connectivity index (χ4v) is 2.76. The molecule has 0 aliphatic heterocycles. The maximum absolute atomic E-state index is 5.81. The van der Waals surface area contributed by atoms with Gasteiger partial charge in [-0.15, -0.1) is 0 Å². The van der Waals surface area contributed by atoms with Crippen LogP contribution < -0.4 is 5.73 Å². The van der Waals surface area contributed by atoms with E-state index in [9.17, 15) is 0 Å². The summed E-state index contributed by atoms with van der Waals surface area (Å²) in [5, 5.41) is 4.31. The van der Waals surface area contributed by atoms with Gasteiger partial charge in [0.25, 0.3) is 0 Å². The van der Waals surface area contributed by atoms with Crippen LogP contribution >= 0.6 is 0 Å². The second-order valence-electron chi connectivity index (χ2n) is 5.10. The molecule has 1 fully saturated rings. The summed E-state index contributed by atoms with van der Waals surface area (Å²) in [5.74, 6) is 1.33. The molecule has 96 valence electrons. The van der Waals surface area contributed by atoms with Crippen LogP contribution in [0, 0.1) is 18.8 Å². The number of ether oxygens (including phenoxy) is 1. The monoisotopic (exact) mass is 237 g/mol. The maximum atomic E-state index is 5.81. The van der Waals surface area contributed by atoms with Crippen molar-refractivity contribution < 1.29 is 4.74 Å². The molecule has 1 aliphatic rings. The SMILES string of the molecule is Cc1cc(COCC2CCCC2CN)n(C)n1. The quantitative estimate of drug-likeness (QED) is 0.846. The predicted octanol–water partition coefficient (Wildman–Crippen LogP) is 1.62. The Balaban J connectivity index is 1.77. The highest BCUT2D eigenvalue weighted by molar-refractivity contribution is 5.07. The molecule has 0 radical (unpaired) electrons. The second-order valence-corrected chi connectivity index (χ2v) is 5.10. The molecule has 2 rings (SSSR count). The van der Waals surface area contributed by atoms with E-state index in [4.69, 9.17) is 10.5 Å². The first-order valence-electron chi connectivity index (χ1n) is 6.48. The van der Waals surface area contributed by atoms with Gasteiger partial charge in [-0.05, 0) is 44.2 Å². The van der Waals surface area contributed by atoms with Crippen LogP contribution in [-0.2, 0) is 18.4 Å². The van der Waals surface area contributed by atoms with Crippen LogP contribution in [0.3, 0.4) is 0 Å². The molecular formula is C13H23N3O. The maximum Gasteiger partial charge on any atom is 0.0884 e. The Labute approximate surface area is 103 Å². The fourth-order valence-electron chi connectivity index (χ4n) is 2.76. The van der Waals surface area contributed by atoms with Gasteiger partial charge in [-0.1, -0.05) is 6.42 Å². The van der Waals surface area contributed by atoms with Gasteiger partial charge in [0, 0.05) is 7.05 Å². The first-order chi connectivity index (χ1) is 8.20. The highest BCUT2D eigenvalue weighted by atomic mass is 16.5. The second kappa shape index (κ2) is 5.65. The minimum atomic E-state index is 0.658. The molecule has 0 saturated heterocycles. The molecule has 2 unspecified atom stereocenters. The van der Waals surface area contributed by atoms with Crippen LogP contribution in [0.25, 0.3) is 0 Å². The molecule has 1 aliphatic carbocycles. The van der Waals surface area contributed by atoms with Crippen molar-refractivity contribution in [2.75, 3.05) is 13.2 Å². The number of hydrogen-bond acceptors (Lipinski definition) is 3. The van der Waals surface area contributed by atoms with Crippen LogP contribution in [0.1, 0.15) is 30.7 Å². The van der Waals surface area contributed by atoms with Gasteiger partial charge in [0.05, 0.1) is 24.6 Å². The largest absolute Gasteiger partial charge is 0.375 e. The molecule has 4 nitrogen and oxygen atoms in total. The molecule has 0 bridgehead atoms. The van der Waals surface area contributed by atoms with Gasteiger partial charge in [-0.25, -0.2) is 0 Å². The highest BCUT2D eigenvalue weighted by Gasteiger charge is 2.25. The number of rotatable bonds is 5. The van der Waals surface area contributed by atoms with E-state index in [0.29, 0.717) is 18.4 Å². The molecule has 2 atom stereocenters. The van der Waals surface area contributed by atoms with Gasteiger partial charge in [0.2, 0.25) is 0 Å². The Morgan fingerprint density at radius 3 is 2.88 bits per heavy atom. The van der Waals surface area contributed by atoms with E-state index in [1.165, 1.54) is 19.3 Å². The van der Waals surface area contributed by atoms with Gasteiger partial charge in [0.1, 0.15) is 0 Å². The molecule has 2 N–H and O–H groups in total. The lowest BCUT2D eigenvalue weighted by Gasteiger charge is -2.17. The van der Waals surface area contributed by atoms with Crippen LogP contribution in [-0.4, -0.2) is 22.9 Å². The zero-order valence-corrected chi connectivity index (χ0v) is 10.9. The minimum absolute atomic E-state index is 0.658. The topological polar surface area (TPSA) is 53.1 Å². The molecule has 1 heterocycles.